The second-order valence-corrected chi connectivity index (χ2v) is 8.64. The number of carbonyl (C=O) groups excluding carboxylic acids is 2. The molecule has 0 unspecified atom stereocenters. The Balaban J connectivity index is 2.77. The molecule has 0 aliphatic carbocycles. The smallest absolute Gasteiger partial charge is 0.338 e. The van der Waals surface area contributed by atoms with Crippen LogP contribution >= 0.6 is 0 Å². The fourth-order valence-corrected chi connectivity index (χ4v) is 3.78. The summed E-state index contributed by atoms with van der Waals surface area (Å²) >= 11 is 0. The number of hydrogen-bond acceptors (Lipinski definition) is 6. The lowest BCUT2D eigenvalue weighted by Crippen LogP contribution is -2.50. The minimum atomic E-state index is -3.61. The van der Waals surface area contributed by atoms with Crippen LogP contribution in [0, 0.1) is 17.2 Å². The minimum Gasteiger partial charge on any atom is -0.452 e. The van der Waals surface area contributed by atoms with Crippen LogP contribution in [0.4, 0.5) is 0 Å². The van der Waals surface area contributed by atoms with Gasteiger partial charge in [0.2, 0.25) is 10.0 Å². The van der Waals surface area contributed by atoms with Gasteiger partial charge in [-0.1, -0.05) is 27.7 Å². The van der Waals surface area contributed by atoms with Gasteiger partial charge in [-0.3, -0.25) is 4.79 Å². The quantitative estimate of drug-likeness (QED) is 0.623. The van der Waals surface area contributed by atoms with E-state index in [0.717, 1.165) is 0 Å². The maximum absolute atomic E-state index is 12.4. The van der Waals surface area contributed by atoms with E-state index in [1.807, 2.05) is 6.07 Å². The van der Waals surface area contributed by atoms with Gasteiger partial charge in [0.1, 0.15) is 5.54 Å². The molecule has 0 aliphatic rings. The summed E-state index contributed by atoms with van der Waals surface area (Å²) in [4.78, 5) is 24.1. The van der Waals surface area contributed by atoms with E-state index < -0.39 is 34.0 Å². The number of nitrogens with zero attached hydrogens (tertiary/aromatic N) is 2. The van der Waals surface area contributed by atoms with Crippen molar-refractivity contribution in [2.24, 2.45) is 5.92 Å². The molecule has 1 rings (SSSR count). The standard InChI is InChI=1S/C19H27N3O5S/c1-6-22(7-2)28(25,26)16-10-8-15(9-11-16)18(24)27-12-17(23)21-19(5,13-20)14(3)4/h8-11,14H,6-7,12H2,1-5H3,(H,21,23)/t19-/m1/s1. The Labute approximate surface area is 166 Å². The molecule has 0 fully saturated rings. The van der Waals surface area contributed by atoms with Crippen molar-refractivity contribution in [3.63, 3.8) is 0 Å². The monoisotopic (exact) mass is 409 g/mol. The summed E-state index contributed by atoms with van der Waals surface area (Å²) in [5.41, 5.74) is -0.942. The van der Waals surface area contributed by atoms with Crippen LogP contribution in [0.25, 0.3) is 0 Å². The number of ether oxygens (including phenoxy) is 1. The molecule has 1 aromatic rings. The Hall–Kier alpha value is -2.44. The zero-order valence-electron chi connectivity index (χ0n) is 16.9. The topological polar surface area (TPSA) is 117 Å². The molecule has 1 atom stereocenters. The van der Waals surface area contributed by atoms with E-state index in [1.54, 1.807) is 34.6 Å². The molecule has 9 heteroatoms. The SMILES string of the molecule is CCN(CC)S(=O)(=O)c1ccc(C(=O)OCC(=O)N[C@](C)(C#N)C(C)C)cc1. The maximum Gasteiger partial charge on any atom is 0.338 e. The molecule has 1 N–H and O–H groups in total. The fraction of sp³-hybridized carbons (Fsp3) is 0.526. The number of benzene rings is 1. The summed E-state index contributed by atoms with van der Waals surface area (Å²) in [5, 5.41) is 11.7. The number of amides is 1. The Kier molecular flexibility index (Phi) is 8.14. The molecule has 0 spiro atoms. The summed E-state index contributed by atoms with van der Waals surface area (Å²) in [7, 11) is -3.61. The van der Waals surface area contributed by atoms with Crippen LogP contribution in [-0.2, 0) is 19.6 Å². The van der Waals surface area contributed by atoms with Gasteiger partial charge in [-0.15, -0.1) is 0 Å². The van der Waals surface area contributed by atoms with Crippen molar-refractivity contribution in [1.29, 1.82) is 5.26 Å². The number of sulfonamides is 1. The normalized spacial score (nSPS) is 13.6. The van der Waals surface area contributed by atoms with Crippen molar-refractivity contribution in [3.8, 4) is 6.07 Å². The second-order valence-electron chi connectivity index (χ2n) is 6.71. The van der Waals surface area contributed by atoms with Crippen molar-refractivity contribution < 1.29 is 22.7 Å². The molecule has 0 aliphatic heterocycles. The van der Waals surface area contributed by atoms with E-state index in [0.29, 0.717) is 13.1 Å². The zero-order valence-corrected chi connectivity index (χ0v) is 17.7. The second kappa shape index (κ2) is 9.66. The van der Waals surface area contributed by atoms with Gasteiger partial charge in [0.15, 0.2) is 6.61 Å². The Morgan fingerprint density at radius 1 is 1.21 bits per heavy atom. The van der Waals surface area contributed by atoms with Gasteiger partial charge in [0, 0.05) is 13.1 Å². The third kappa shape index (κ3) is 5.53. The van der Waals surface area contributed by atoms with Crippen molar-refractivity contribution >= 4 is 21.9 Å². The number of nitrogens with one attached hydrogen (secondary N) is 1. The van der Waals surface area contributed by atoms with Gasteiger partial charge in [-0.05, 0) is 37.1 Å². The van der Waals surface area contributed by atoms with E-state index in [2.05, 4.69) is 5.32 Å². The first kappa shape index (κ1) is 23.6. The first-order valence-corrected chi connectivity index (χ1v) is 10.4. The predicted molar refractivity (Wildman–Crippen MR) is 104 cm³/mol. The summed E-state index contributed by atoms with van der Waals surface area (Å²) < 4.78 is 31.1. The Morgan fingerprint density at radius 2 is 1.75 bits per heavy atom. The van der Waals surface area contributed by atoms with Crippen molar-refractivity contribution in [3.05, 3.63) is 29.8 Å². The molecule has 0 bridgehead atoms. The number of rotatable bonds is 9. The summed E-state index contributed by atoms with van der Waals surface area (Å²) in [6, 6.07) is 7.37. The summed E-state index contributed by atoms with van der Waals surface area (Å²) in [6.45, 7) is 8.82. The highest BCUT2D eigenvalue weighted by atomic mass is 32.2. The largest absolute Gasteiger partial charge is 0.452 e. The zero-order chi connectivity index (χ0) is 21.5. The van der Waals surface area contributed by atoms with Gasteiger partial charge in [0.05, 0.1) is 16.5 Å². The van der Waals surface area contributed by atoms with E-state index in [4.69, 9.17) is 4.74 Å². The molecule has 1 aromatic carbocycles. The first-order valence-electron chi connectivity index (χ1n) is 9.01. The average Bonchev–Trinajstić information content (AvgIpc) is 2.66. The molecule has 0 radical (unpaired) electrons. The minimum absolute atomic E-state index is 0.0761. The third-order valence-electron chi connectivity index (χ3n) is 4.55. The van der Waals surface area contributed by atoms with E-state index >= 15 is 0 Å². The number of nitriles is 1. The van der Waals surface area contributed by atoms with Crippen molar-refractivity contribution in [2.75, 3.05) is 19.7 Å². The molecule has 8 nitrogen and oxygen atoms in total. The lowest BCUT2D eigenvalue weighted by Gasteiger charge is -2.27. The van der Waals surface area contributed by atoms with Crippen LogP contribution in [0.2, 0.25) is 0 Å². The van der Waals surface area contributed by atoms with Gasteiger partial charge in [0.25, 0.3) is 5.91 Å². The van der Waals surface area contributed by atoms with Gasteiger partial charge < -0.3 is 10.1 Å². The molecule has 0 saturated heterocycles. The van der Waals surface area contributed by atoms with Crippen molar-refractivity contribution in [2.45, 2.75) is 45.1 Å². The molecular weight excluding hydrogens is 382 g/mol. The highest BCUT2D eigenvalue weighted by Crippen LogP contribution is 2.17. The molecule has 0 aromatic heterocycles. The number of esters is 1. The molecule has 0 heterocycles. The molecule has 0 saturated carbocycles. The Morgan fingerprint density at radius 3 is 2.18 bits per heavy atom. The number of carbonyl (C=O) groups is 2. The molecular formula is C19H27N3O5S. The predicted octanol–water partition coefficient (Wildman–Crippen LogP) is 1.93. The van der Waals surface area contributed by atoms with Crippen LogP contribution in [0.1, 0.15) is 45.0 Å². The lowest BCUT2D eigenvalue weighted by atomic mass is 9.90. The molecule has 154 valence electrons. The van der Waals surface area contributed by atoms with Crippen LogP contribution in [0.15, 0.2) is 29.2 Å². The van der Waals surface area contributed by atoms with Crippen LogP contribution in [0.3, 0.4) is 0 Å². The highest BCUT2D eigenvalue weighted by Gasteiger charge is 2.30. The summed E-state index contributed by atoms with van der Waals surface area (Å²) in [5.74, 6) is -1.48. The van der Waals surface area contributed by atoms with Gasteiger partial charge in [-0.25, -0.2) is 13.2 Å². The lowest BCUT2D eigenvalue weighted by molar-refractivity contribution is -0.125. The van der Waals surface area contributed by atoms with Crippen molar-refractivity contribution in [1.82, 2.24) is 9.62 Å². The van der Waals surface area contributed by atoms with Gasteiger partial charge in [-0.2, -0.15) is 9.57 Å². The third-order valence-corrected chi connectivity index (χ3v) is 6.62. The molecule has 28 heavy (non-hydrogen) atoms. The van der Waals surface area contributed by atoms with E-state index in [9.17, 15) is 23.3 Å². The first-order chi connectivity index (χ1) is 13.0. The van der Waals surface area contributed by atoms with E-state index in [-0.39, 0.29) is 16.4 Å². The van der Waals surface area contributed by atoms with Crippen LogP contribution in [-0.4, -0.2) is 49.8 Å². The van der Waals surface area contributed by atoms with Crippen LogP contribution < -0.4 is 5.32 Å². The fourth-order valence-electron chi connectivity index (χ4n) is 2.32. The Bertz CT molecular complexity index is 839. The number of hydrogen-bond donors (Lipinski definition) is 1. The molecule has 1 amide bonds. The average molecular weight is 410 g/mol. The highest BCUT2D eigenvalue weighted by molar-refractivity contribution is 7.89. The maximum atomic E-state index is 12.4. The van der Waals surface area contributed by atoms with Gasteiger partial charge >= 0.3 is 5.97 Å². The van der Waals surface area contributed by atoms with E-state index in [1.165, 1.54) is 28.6 Å². The van der Waals surface area contributed by atoms with Crippen LogP contribution in [0.5, 0.6) is 0 Å². The summed E-state index contributed by atoms with van der Waals surface area (Å²) in [6.07, 6.45) is 0.